The number of halogens is 1. The van der Waals surface area contributed by atoms with Crippen molar-refractivity contribution in [2.45, 2.75) is 50.6 Å². The van der Waals surface area contributed by atoms with Gasteiger partial charge in [0, 0.05) is 23.5 Å². The van der Waals surface area contributed by atoms with Crippen LogP contribution < -0.4 is 5.32 Å². The van der Waals surface area contributed by atoms with E-state index in [1.54, 1.807) is 18.7 Å². The van der Waals surface area contributed by atoms with Gasteiger partial charge in [-0.2, -0.15) is 5.10 Å². The van der Waals surface area contributed by atoms with Crippen molar-refractivity contribution in [3.8, 4) is 0 Å². The van der Waals surface area contributed by atoms with Crippen LogP contribution in [-0.2, 0) is 12.0 Å². The molecule has 43 heavy (non-hydrogen) atoms. The summed E-state index contributed by atoms with van der Waals surface area (Å²) in [6.07, 6.45) is 8.69. The van der Waals surface area contributed by atoms with E-state index in [0.29, 0.717) is 17.8 Å². The minimum absolute atomic E-state index is 0.181. The zero-order valence-corrected chi connectivity index (χ0v) is 25.1. The molecule has 8 heteroatoms. The van der Waals surface area contributed by atoms with Crippen molar-refractivity contribution in [2.75, 3.05) is 5.32 Å². The van der Waals surface area contributed by atoms with Crippen LogP contribution in [0.15, 0.2) is 116 Å². The number of hydrogen-bond acceptors (Lipinski definition) is 6. The summed E-state index contributed by atoms with van der Waals surface area (Å²) in [5.74, 6) is 1.54. The second-order valence-electron chi connectivity index (χ2n) is 11.1. The van der Waals surface area contributed by atoms with Crippen LogP contribution in [-0.4, -0.2) is 35.3 Å². The molecule has 0 saturated heterocycles. The molecule has 6 rings (SSSR count). The fourth-order valence-electron chi connectivity index (χ4n) is 6.02. The molecule has 0 amide bonds. The third-order valence-electron chi connectivity index (χ3n) is 8.03. The number of benzene rings is 3. The molecule has 3 heterocycles. The molecule has 7 nitrogen and oxygen atoms in total. The van der Waals surface area contributed by atoms with Gasteiger partial charge in [-0.15, -0.1) is 0 Å². The van der Waals surface area contributed by atoms with Crippen LogP contribution in [0.3, 0.4) is 0 Å². The Balaban J connectivity index is 1.52. The Morgan fingerprint density at radius 1 is 0.814 bits per heavy atom. The summed E-state index contributed by atoms with van der Waals surface area (Å²) in [5, 5.41) is 9.79. The maximum Gasteiger partial charge on any atom is 0.224 e. The minimum atomic E-state index is -0.752. The van der Waals surface area contributed by atoms with Gasteiger partial charge in [0.05, 0.1) is 11.7 Å². The van der Waals surface area contributed by atoms with E-state index in [1.807, 2.05) is 24.3 Å². The van der Waals surface area contributed by atoms with E-state index in [4.69, 9.17) is 21.7 Å². The Labute approximate surface area is 257 Å². The molecule has 0 aliphatic rings. The smallest absolute Gasteiger partial charge is 0.224 e. The van der Waals surface area contributed by atoms with Gasteiger partial charge in [0.1, 0.15) is 23.5 Å². The normalized spacial score (nSPS) is 13.1. The summed E-state index contributed by atoms with van der Waals surface area (Å²) in [5.41, 5.74) is 2.82. The summed E-state index contributed by atoms with van der Waals surface area (Å²) in [6.45, 7) is 4.43. The van der Waals surface area contributed by atoms with Gasteiger partial charge in [-0.05, 0) is 47.7 Å². The number of unbranched alkanes of at least 4 members (excludes halogenated alkanes) is 1. The first kappa shape index (κ1) is 28.5. The topological polar surface area (TPSA) is 81.4 Å². The first-order valence-electron chi connectivity index (χ1n) is 14.6. The van der Waals surface area contributed by atoms with Crippen molar-refractivity contribution in [2.24, 2.45) is 0 Å². The van der Waals surface area contributed by atoms with Gasteiger partial charge in [-0.1, -0.05) is 111 Å². The Morgan fingerprint density at radius 2 is 1.42 bits per heavy atom. The monoisotopic (exact) mass is 587 g/mol. The highest BCUT2D eigenvalue weighted by Crippen LogP contribution is 2.41. The third kappa shape index (κ3) is 5.60. The molecule has 6 aromatic rings. The lowest BCUT2D eigenvalue weighted by Crippen LogP contribution is -2.43. The van der Waals surface area contributed by atoms with E-state index >= 15 is 0 Å². The van der Waals surface area contributed by atoms with Gasteiger partial charge in [0.15, 0.2) is 0 Å². The van der Waals surface area contributed by atoms with Crippen molar-refractivity contribution < 1.29 is 0 Å². The lowest BCUT2D eigenvalue weighted by molar-refractivity contribution is 0.392. The van der Waals surface area contributed by atoms with Crippen LogP contribution in [0.25, 0.3) is 10.9 Å². The second-order valence-corrected chi connectivity index (χ2v) is 11.4. The molecule has 0 bridgehead atoms. The van der Waals surface area contributed by atoms with Crippen LogP contribution in [0.4, 0.5) is 5.82 Å². The van der Waals surface area contributed by atoms with Crippen molar-refractivity contribution in [1.82, 2.24) is 29.7 Å². The highest BCUT2D eigenvalue weighted by atomic mass is 35.5. The van der Waals surface area contributed by atoms with Gasteiger partial charge in [0.2, 0.25) is 5.28 Å². The first-order chi connectivity index (χ1) is 21.0. The molecule has 0 fully saturated rings. The second kappa shape index (κ2) is 12.3. The Bertz CT molecular complexity index is 1690. The van der Waals surface area contributed by atoms with Crippen LogP contribution >= 0.6 is 11.6 Å². The summed E-state index contributed by atoms with van der Waals surface area (Å²) >= 11 is 6.37. The molecule has 0 aliphatic heterocycles. The molecular formula is C35H34ClN7. The quantitative estimate of drug-likeness (QED) is 0.123. The lowest BCUT2D eigenvalue weighted by Gasteiger charge is -2.38. The maximum atomic E-state index is 6.37. The van der Waals surface area contributed by atoms with Crippen molar-refractivity contribution in [1.29, 1.82) is 0 Å². The minimum Gasteiger partial charge on any atom is -0.364 e. The van der Waals surface area contributed by atoms with Crippen molar-refractivity contribution in [3.05, 3.63) is 144 Å². The van der Waals surface area contributed by atoms with Crippen LogP contribution in [0.5, 0.6) is 0 Å². The largest absolute Gasteiger partial charge is 0.364 e. The Kier molecular flexibility index (Phi) is 8.16. The average Bonchev–Trinajstić information content (AvgIpc) is 3.49. The molecule has 0 aliphatic carbocycles. The van der Waals surface area contributed by atoms with Crippen molar-refractivity contribution in [3.63, 3.8) is 0 Å². The molecule has 0 unspecified atom stereocenters. The summed E-state index contributed by atoms with van der Waals surface area (Å²) < 4.78 is 2.11. The molecule has 0 radical (unpaired) electrons. The maximum absolute atomic E-state index is 6.37. The molecule has 3 aromatic carbocycles. The fraction of sp³-hybridized carbons (Fsp3) is 0.229. The Hall–Kier alpha value is -4.62. The van der Waals surface area contributed by atoms with E-state index in [0.717, 1.165) is 47.2 Å². The standard InChI is InChI=1S/C35H34ClN7/c1-3-4-21-34(2,42-32-29-20-22-37-24-30(29)40-33(36)41-32)23-31-38-25-39-43(31)35(26-14-8-5-9-15-26,27-16-10-6-11-17-27)28-18-12-7-13-19-28/h5-20,22,24-25H,3-4,21,23H2,1-2H3,(H,40,41,42)/t34-/m1/s1. The lowest BCUT2D eigenvalue weighted by atomic mass is 9.76. The highest BCUT2D eigenvalue weighted by Gasteiger charge is 2.42. The van der Waals surface area contributed by atoms with Crippen molar-refractivity contribution >= 4 is 28.3 Å². The predicted octanol–water partition coefficient (Wildman–Crippen LogP) is 7.71. The van der Waals surface area contributed by atoms with E-state index in [-0.39, 0.29) is 5.28 Å². The molecular weight excluding hydrogens is 554 g/mol. The molecule has 3 aromatic heterocycles. The van der Waals surface area contributed by atoms with Gasteiger partial charge >= 0.3 is 0 Å². The van der Waals surface area contributed by atoms with E-state index in [1.165, 1.54) is 0 Å². The summed E-state index contributed by atoms with van der Waals surface area (Å²) in [7, 11) is 0. The number of rotatable bonds is 11. The van der Waals surface area contributed by atoms with Crippen LogP contribution in [0.1, 0.15) is 55.6 Å². The van der Waals surface area contributed by atoms with Gasteiger partial charge in [0.25, 0.3) is 0 Å². The molecule has 216 valence electrons. The van der Waals surface area contributed by atoms with E-state index < -0.39 is 11.1 Å². The highest BCUT2D eigenvalue weighted by molar-refractivity contribution is 6.28. The number of pyridine rings is 1. The number of nitrogens with one attached hydrogen (secondary N) is 1. The third-order valence-corrected chi connectivity index (χ3v) is 8.20. The molecule has 1 atom stereocenters. The summed E-state index contributed by atoms with van der Waals surface area (Å²) in [4.78, 5) is 18.1. The SMILES string of the molecule is CCCC[C@](C)(Cc1ncnn1C(c1ccccc1)(c1ccccc1)c1ccccc1)Nc1nc(Cl)nc2cnccc12. The number of fused-ring (bicyclic) bond motifs is 1. The van der Waals surface area contributed by atoms with Crippen LogP contribution in [0, 0.1) is 0 Å². The van der Waals surface area contributed by atoms with Gasteiger partial charge in [-0.25, -0.2) is 19.6 Å². The van der Waals surface area contributed by atoms with Crippen LogP contribution in [0.2, 0.25) is 5.28 Å². The average molecular weight is 588 g/mol. The predicted molar refractivity (Wildman–Crippen MR) is 172 cm³/mol. The molecule has 0 saturated carbocycles. The Morgan fingerprint density at radius 3 is 2.00 bits per heavy atom. The number of hydrogen-bond donors (Lipinski definition) is 1. The number of aromatic nitrogens is 6. The number of anilines is 1. The van der Waals surface area contributed by atoms with Gasteiger partial charge in [-0.3, -0.25) is 4.98 Å². The summed E-state index contributed by atoms with van der Waals surface area (Å²) in [6, 6.07) is 33.6. The van der Waals surface area contributed by atoms with E-state index in [2.05, 4.69) is 112 Å². The zero-order chi connectivity index (χ0) is 29.7. The fourth-order valence-corrected chi connectivity index (χ4v) is 6.19. The van der Waals surface area contributed by atoms with Gasteiger partial charge < -0.3 is 5.32 Å². The number of nitrogens with zero attached hydrogens (tertiary/aromatic N) is 6. The zero-order valence-electron chi connectivity index (χ0n) is 24.4. The molecule has 0 spiro atoms. The first-order valence-corrected chi connectivity index (χ1v) is 15.0. The van der Waals surface area contributed by atoms with E-state index in [9.17, 15) is 0 Å². The molecule has 1 N–H and O–H groups in total.